The number of halogens is 3. The number of hydrogen-bond donors (Lipinski definition) is 0. The van der Waals surface area contributed by atoms with Crippen LogP contribution >= 0.6 is 15.9 Å². The molecule has 0 saturated carbocycles. The van der Waals surface area contributed by atoms with Crippen LogP contribution in [0.5, 0.6) is 0 Å². The summed E-state index contributed by atoms with van der Waals surface area (Å²) in [6, 6.07) is 7.24. The van der Waals surface area contributed by atoms with Gasteiger partial charge in [-0.15, -0.1) is 0 Å². The summed E-state index contributed by atoms with van der Waals surface area (Å²) in [5.41, 5.74) is 0.168. The molecular weight excluding hydrogens is 346 g/mol. The highest BCUT2D eigenvalue weighted by atomic mass is 79.9. The van der Waals surface area contributed by atoms with Crippen LogP contribution in [0.3, 0.4) is 0 Å². The maximum Gasteiger partial charge on any atom is 0.341 e. The Morgan fingerprint density at radius 1 is 1.43 bits per heavy atom. The molecular formula is C14H13BrF2N2O2. The van der Waals surface area contributed by atoms with Crippen LogP contribution in [0.4, 0.5) is 8.78 Å². The molecule has 1 aromatic heterocycles. The standard InChI is InChI=1S/C14H13BrF2N2O2/c1-2-21-14(20)10-7-18-19(12(10)13(16)17)8-9-5-3-4-6-11(9)15/h3-7,13H,2,8H2,1H3. The average Bonchev–Trinajstić information content (AvgIpc) is 2.85. The number of alkyl halides is 2. The van der Waals surface area contributed by atoms with E-state index in [1.165, 1.54) is 0 Å². The van der Waals surface area contributed by atoms with Gasteiger partial charge in [0.05, 0.1) is 19.3 Å². The lowest BCUT2D eigenvalue weighted by atomic mass is 10.2. The fourth-order valence-electron chi connectivity index (χ4n) is 1.91. The highest BCUT2D eigenvalue weighted by Gasteiger charge is 2.25. The lowest BCUT2D eigenvalue weighted by molar-refractivity contribution is 0.0513. The summed E-state index contributed by atoms with van der Waals surface area (Å²) >= 11 is 3.36. The van der Waals surface area contributed by atoms with E-state index in [4.69, 9.17) is 4.74 Å². The molecule has 112 valence electrons. The fraction of sp³-hybridized carbons (Fsp3) is 0.286. The Hall–Kier alpha value is -1.76. The van der Waals surface area contributed by atoms with E-state index < -0.39 is 18.1 Å². The number of ether oxygens (including phenoxy) is 1. The number of carbonyl (C=O) groups excluding carboxylic acids is 1. The van der Waals surface area contributed by atoms with Gasteiger partial charge in [-0.25, -0.2) is 13.6 Å². The van der Waals surface area contributed by atoms with Crippen LogP contribution in [0.2, 0.25) is 0 Å². The second-order valence-corrected chi connectivity index (χ2v) is 5.07. The van der Waals surface area contributed by atoms with E-state index in [0.29, 0.717) is 0 Å². The van der Waals surface area contributed by atoms with E-state index in [-0.39, 0.29) is 18.7 Å². The van der Waals surface area contributed by atoms with Crippen molar-refractivity contribution < 1.29 is 18.3 Å². The minimum absolute atomic E-state index is 0.122. The number of carbonyl (C=O) groups is 1. The van der Waals surface area contributed by atoms with E-state index in [9.17, 15) is 13.6 Å². The summed E-state index contributed by atoms with van der Waals surface area (Å²) in [6.07, 6.45) is -1.69. The molecule has 1 heterocycles. The predicted octanol–water partition coefficient (Wildman–Crippen LogP) is 3.81. The van der Waals surface area contributed by atoms with Crippen LogP contribution in [0, 0.1) is 0 Å². The molecule has 0 saturated heterocycles. The van der Waals surface area contributed by atoms with E-state index in [0.717, 1.165) is 20.9 Å². The highest BCUT2D eigenvalue weighted by Crippen LogP contribution is 2.25. The SMILES string of the molecule is CCOC(=O)c1cnn(Cc2ccccc2Br)c1C(F)F. The zero-order chi connectivity index (χ0) is 15.4. The molecule has 0 spiro atoms. The van der Waals surface area contributed by atoms with Crippen LogP contribution < -0.4 is 0 Å². The second kappa shape index (κ2) is 6.80. The summed E-state index contributed by atoms with van der Waals surface area (Å²) in [4.78, 5) is 11.7. The van der Waals surface area contributed by atoms with Gasteiger partial charge in [0.15, 0.2) is 0 Å². The average molecular weight is 359 g/mol. The van der Waals surface area contributed by atoms with E-state index >= 15 is 0 Å². The van der Waals surface area contributed by atoms with Crippen molar-refractivity contribution in [2.75, 3.05) is 6.61 Å². The van der Waals surface area contributed by atoms with Crippen molar-refractivity contribution in [2.24, 2.45) is 0 Å². The first-order valence-electron chi connectivity index (χ1n) is 6.29. The number of benzene rings is 1. The molecule has 7 heteroatoms. The van der Waals surface area contributed by atoms with Crippen molar-refractivity contribution in [3.8, 4) is 0 Å². The fourth-order valence-corrected chi connectivity index (χ4v) is 2.32. The molecule has 0 N–H and O–H groups in total. The first-order chi connectivity index (χ1) is 10.0. The highest BCUT2D eigenvalue weighted by molar-refractivity contribution is 9.10. The molecule has 0 aliphatic rings. The van der Waals surface area contributed by atoms with Crippen LogP contribution in [-0.2, 0) is 11.3 Å². The Kier molecular flexibility index (Phi) is 5.06. The quantitative estimate of drug-likeness (QED) is 0.763. The van der Waals surface area contributed by atoms with Crippen molar-refractivity contribution >= 4 is 21.9 Å². The number of esters is 1. The predicted molar refractivity (Wildman–Crippen MR) is 76.4 cm³/mol. The Labute approximate surface area is 128 Å². The Morgan fingerprint density at radius 3 is 2.76 bits per heavy atom. The lowest BCUT2D eigenvalue weighted by Gasteiger charge is -2.10. The van der Waals surface area contributed by atoms with Gasteiger partial charge in [-0.1, -0.05) is 34.1 Å². The van der Waals surface area contributed by atoms with Gasteiger partial charge in [0.2, 0.25) is 0 Å². The van der Waals surface area contributed by atoms with Crippen molar-refractivity contribution in [1.29, 1.82) is 0 Å². The molecule has 0 radical (unpaired) electrons. The summed E-state index contributed by atoms with van der Waals surface area (Å²) in [7, 11) is 0. The normalized spacial score (nSPS) is 10.9. The molecule has 0 fully saturated rings. The van der Waals surface area contributed by atoms with Gasteiger partial charge in [0, 0.05) is 4.47 Å². The van der Waals surface area contributed by atoms with E-state index in [1.807, 2.05) is 12.1 Å². The third-order valence-corrected chi connectivity index (χ3v) is 3.63. The van der Waals surface area contributed by atoms with Crippen LogP contribution in [-0.4, -0.2) is 22.4 Å². The molecule has 2 aromatic rings. The zero-order valence-electron chi connectivity index (χ0n) is 11.2. The third-order valence-electron chi connectivity index (χ3n) is 2.86. The summed E-state index contributed by atoms with van der Waals surface area (Å²) in [6.45, 7) is 1.88. The molecule has 0 aliphatic heterocycles. The minimum atomic E-state index is -2.81. The van der Waals surface area contributed by atoms with E-state index in [2.05, 4.69) is 21.0 Å². The molecule has 0 bridgehead atoms. The lowest BCUT2D eigenvalue weighted by Crippen LogP contribution is -2.12. The van der Waals surface area contributed by atoms with Crippen LogP contribution in [0.1, 0.15) is 35.0 Å². The first-order valence-corrected chi connectivity index (χ1v) is 7.08. The van der Waals surface area contributed by atoms with Crippen LogP contribution in [0.15, 0.2) is 34.9 Å². The van der Waals surface area contributed by atoms with Gasteiger partial charge < -0.3 is 4.74 Å². The van der Waals surface area contributed by atoms with Gasteiger partial charge >= 0.3 is 5.97 Å². The van der Waals surface area contributed by atoms with Crippen molar-refractivity contribution in [1.82, 2.24) is 9.78 Å². The molecule has 4 nitrogen and oxygen atoms in total. The molecule has 0 unspecified atom stereocenters. The molecule has 0 aliphatic carbocycles. The number of hydrogen-bond acceptors (Lipinski definition) is 3. The van der Waals surface area contributed by atoms with Gasteiger partial charge in [-0.2, -0.15) is 5.10 Å². The molecule has 0 amide bonds. The molecule has 0 atom stereocenters. The van der Waals surface area contributed by atoms with Crippen molar-refractivity contribution in [3.63, 3.8) is 0 Å². The topological polar surface area (TPSA) is 44.1 Å². The first kappa shape index (κ1) is 15.6. The summed E-state index contributed by atoms with van der Waals surface area (Å²) < 4.78 is 33.2. The molecule has 21 heavy (non-hydrogen) atoms. The molecule has 1 aromatic carbocycles. The number of aromatic nitrogens is 2. The van der Waals surface area contributed by atoms with Crippen molar-refractivity contribution in [2.45, 2.75) is 19.9 Å². The van der Waals surface area contributed by atoms with Gasteiger partial charge in [-0.3, -0.25) is 4.68 Å². The maximum absolute atomic E-state index is 13.2. The second-order valence-electron chi connectivity index (χ2n) is 4.21. The van der Waals surface area contributed by atoms with Gasteiger partial charge in [0.25, 0.3) is 6.43 Å². The summed E-state index contributed by atoms with van der Waals surface area (Å²) in [5.74, 6) is -0.786. The van der Waals surface area contributed by atoms with Gasteiger partial charge in [-0.05, 0) is 18.6 Å². The third kappa shape index (κ3) is 3.47. The largest absolute Gasteiger partial charge is 0.462 e. The smallest absolute Gasteiger partial charge is 0.341 e. The molecule has 2 rings (SSSR count). The maximum atomic E-state index is 13.2. The minimum Gasteiger partial charge on any atom is -0.462 e. The van der Waals surface area contributed by atoms with Crippen LogP contribution in [0.25, 0.3) is 0 Å². The zero-order valence-corrected chi connectivity index (χ0v) is 12.8. The Morgan fingerprint density at radius 2 is 2.14 bits per heavy atom. The Bertz CT molecular complexity index is 644. The van der Waals surface area contributed by atoms with E-state index in [1.54, 1.807) is 19.1 Å². The van der Waals surface area contributed by atoms with Gasteiger partial charge in [0.1, 0.15) is 11.3 Å². The monoisotopic (exact) mass is 358 g/mol. The summed E-state index contributed by atoms with van der Waals surface area (Å²) in [5, 5.41) is 3.89. The number of nitrogens with zero attached hydrogens (tertiary/aromatic N) is 2. The Balaban J connectivity index is 2.36. The van der Waals surface area contributed by atoms with Crippen molar-refractivity contribution in [3.05, 3.63) is 51.8 Å². The number of rotatable bonds is 5.